The molecule has 1 rings (SSSR count). The third kappa shape index (κ3) is 5.02. The molecular weight excluding hydrogens is 224 g/mol. The molecule has 17 heavy (non-hydrogen) atoms. The van der Waals surface area contributed by atoms with E-state index in [1.165, 1.54) is 0 Å². The van der Waals surface area contributed by atoms with Gasteiger partial charge in [0.2, 0.25) is 0 Å². The van der Waals surface area contributed by atoms with Crippen molar-refractivity contribution in [3.05, 3.63) is 0 Å². The maximum atomic E-state index is 11.6. The summed E-state index contributed by atoms with van der Waals surface area (Å²) in [5, 5.41) is 8.72. The molecule has 1 fully saturated rings. The van der Waals surface area contributed by atoms with E-state index in [0.717, 1.165) is 6.42 Å². The van der Waals surface area contributed by atoms with Crippen LogP contribution in [0.25, 0.3) is 0 Å². The van der Waals surface area contributed by atoms with Gasteiger partial charge in [-0.05, 0) is 27.2 Å². The van der Waals surface area contributed by atoms with Gasteiger partial charge in [0.05, 0.1) is 19.1 Å². The fraction of sp³-hybridized carbons (Fsp3) is 0.917. The van der Waals surface area contributed by atoms with Gasteiger partial charge in [0, 0.05) is 13.0 Å². The molecule has 1 aliphatic rings. The molecule has 0 bridgehead atoms. The van der Waals surface area contributed by atoms with Crippen LogP contribution in [-0.4, -0.2) is 42.3 Å². The Kier molecular flexibility index (Phi) is 5.36. The zero-order valence-electron chi connectivity index (χ0n) is 10.8. The van der Waals surface area contributed by atoms with E-state index in [2.05, 4.69) is 0 Å². The van der Waals surface area contributed by atoms with E-state index in [-0.39, 0.29) is 31.2 Å². The van der Waals surface area contributed by atoms with E-state index in [1.54, 1.807) is 13.8 Å². The van der Waals surface area contributed by atoms with E-state index in [4.69, 9.17) is 19.3 Å². The van der Waals surface area contributed by atoms with E-state index in [9.17, 15) is 4.79 Å². The number of aliphatic hydroxyl groups excluding tert-OH is 1. The van der Waals surface area contributed by atoms with Crippen molar-refractivity contribution in [3.8, 4) is 0 Å². The summed E-state index contributed by atoms with van der Waals surface area (Å²) in [7, 11) is 0. The van der Waals surface area contributed by atoms with Gasteiger partial charge in [0.25, 0.3) is 0 Å². The van der Waals surface area contributed by atoms with Crippen LogP contribution in [-0.2, 0) is 19.0 Å². The lowest BCUT2D eigenvalue weighted by molar-refractivity contribution is -0.282. The first-order chi connectivity index (χ1) is 7.95. The van der Waals surface area contributed by atoms with Gasteiger partial charge in [0.15, 0.2) is 5.79 Å². The average Bonchev–Trinajstić information content (AvgIpc) is 2.15. The van der Waals surface area contributed by atoms with Crippen LogP contribution in [0.5, 0.6) is 0 Å². The van der Waals surface area contributed by atoms with Gasteiger partial charge < -0.3 is 19.3 Å². The van der Waals surface area contributed by atoms with Gasteiger partial charge in [-0.1, -0.05) is 0 Å². The molecule has 100 valence electrons. The normalized spacial score (nSPS) is 30.9. The standard InChI is InChI=1S/C12H22O5/c1-9(4-6-13)16-11(14)8-12(3)15-7-5-10(2)17-12/h9-10,13H,4-8H2,1-3H3. The largest absolute Gasteiger partial charge is 0.462 e. The lowest BCUT2D eigenvalue weighted by atomic mass is 10.1. The van der Waals surface area contributed by atoms with Crippen molar-refractivity contribution < 1.29 is 24.1 Å². The maximum Gasteiger partial charge on any atom is 0.311 e. The van der Waals surface area contributed by atoms with Crippen molar-refractivity contribution in [2.24, 2.45) is 0 Å². The first-order valence-electron chi connectivity index (χ1n) is 6.07. The van der Waals surface area contributed by atoms with Crippen LogP contribution in [0, 0.1) is 0 Å². The molecule has 0 spiro atoms. The predicted octanol–water partition coefficient (Wildman–Crippen LogP) is 1.23. The lowest BCUT2D eigenvalue weighted by Crippen LogP contribution is -2.43. The van der Waals surface area contributed by atoms with Crippen molar-refractivity contribution >= 4 is 5.97 Å². The minimum atomic E-state index is -0.881. The SMILES string of the molecule is CC(CCO)OC(=O)CC1(C)OCCC(C)O1. The van der Waals surface area contributed by atoms with Crippen LogP contribution >= 0.6 is 0 Å². The Morgan fingerprint density at radius 1 is 1.65 bits per heavy atom. The topological polar surface area (TPSA) is 65.0 Å². The van der Waals surface area contributed by atoms with Gasteiger partial charge in [-0.15, -0.1) is 0 Å². The fourth-order valence-corrected chi connectivity index (χ4v) is 1.82. The molecule has 0 aliphatic carbocycles. The Hall–Kier alpha value is -0.650. The molecule has 1 heterocycles. The number of carbonyl (C=O) groups is 1. The minimum absolute atomic E-state index is 0.00967. The lowest BCUT2D eigenvalue weighted by Gasteiger charge is -2.36. The molecule has 1 N–H and O–H groups in total. The van der Waals surface area contributed by atoms with Crippen molar-refractivity contribution in [1.82, 2.24) is 0 Å². The molecule has 5 heteroatoms. The Labute approximate surface area is 102 Å². The summed E-state index contributed by atoms with van der Waals surface area (Å²) in [6.45, 7) is 6.07. The molecule has 3 atom stereocenters. The Balaban J connectivity index is 2.38. The van der Waals surface area contributed by atoms with Crippen LogP contribution < -0.4 is 0 Å². The molecule has 0 saturated carbocycles. The third-order valence-corrected chi connectivity index (χ3v) is 2.72. The summed E-state index contributed by atoms with van der Waals surface area (Å²) in [5.41, 5.74) is 0. The monoisotopic (exact) mass is 246 g/mol. The number of ether oxygens (including phenoxy) is 3. The predicted molar refractivity (Wildman–Crippen MR) is 61.4 cm³/mol. The molecule has 0 aromatic carbocycles. The highest BCUT2D eigenvalue weighted by Gasteiger charge is 2.35. The number of hydrogen-bond acceptors (Lipinski definition) is 5. The molecule has 1 saturated heterocycles. The molecule has 3 unspecified atom stereocenters. The summed E-state index contributed by atoms with van der Waals surface area (Å²) < 4.78 is 16.2. The van der Waals surface area contributed by atoms with Crippen LogP contribution in [0.15, 0.2) is 0 Å². The Bertz CT molecular complexity index is 255. The maximum absolute atomic E-state index is 11.6. The van der Waals surface area contributed by atoms with E-state index >= 15 is 0 Å². The third-order valence-electron chi connectivity index (χ3n) is 2.72. The summed E-state index contributed by atoms with van der Waals surface area (Å²) in [4.78, 5) is 11.6. The van der Waals surface area contributed by atoms with Gasteiger partial charge in [0.1, 0.15) is 6.10 Å². The summed E-state index contributed by atoms with van der Waals surface area (Å²) >= 11 is 0. The Morgan fingerprint density at radius 2 is 2.35 bits per heavy atom. The van der Waals surface area contributed by atoms with Gasteiger partial charge >= 0.3 is 5.97 Å². The van der Waals surface area contributed by atoms with Crippen LogP contribution in [0.3, 0.4) is 0 Å². The molecule has 0 aromatic rings. The number of esters is 1. The van der Waals surface area contributed by atoms with Crippen molar-refractivity contribution in [2.75, 3.05) is 13.2 Å². The molecule has 0 radical (unpaired) electrons. The second kappa shape index (κ2) is 6.33. The first kappa shape index (κ1) is 14.4. The zero-order valence-corrected chi connectivity index (χ0v) is 10.8. The summed E-state index contributed by atoms with van der Waals surface area (Å²) in [5.74, 6) is -1.24. The summed E-state index contributed by atoms with van der Waals surface area (Å²) in [6.07, 6.45) is 1.17. The highest BCUT2D eigenvalue weighted by molar-refractivity contribution is 5.70. The van der Waals surface area contributed by atoms with Crippen LogP contribution in [0.4, 0.5) is 0 Å². The van der Waals surface area contributed by atoms with Crippen LogP contribution in [0.1, 0.15) is 40.0 Å². The van der Waals surface area contributed by atoms with Crippen LogP contribution in [0.2, 0.25) is 0 Å². The molecule has 1 aliphatic heterocycles. The van der Waals surface area contributed by atoms with E-state index in [1.807, 2.05) is 6.92 Å². The zero-order chi connectivity index (χ0) is 12.9. The van der Waals surface area contributed by atoms with Crippen molar-refractivity contribution in [1.29, 1.82) is 0 Å². The smallest absolute Gasteiger partial charge is 0.311 e. The van der Waals surface area contributed by atoms with Gasteiger partial charge in [-0.3, -0.25) is 4.79 Å². The molecule has 5 nitrogen and oxygen atoms in total. The minimum Gasteiger partial charge on any atom is -0.462 e. The van der Waals surface area contributed by atoms with Crippen molar-refractivity contribution in [2.45, 2.75) is 58.0 Å². The molecular formula is C12H22O5. The van der Waals surface area contributed by atoms with E-state index < -0.39 is 5.79 Å². The molecule has 0 aromatic heterocycles. The van der Waals surface area contributed by atoms with Crippen molar-refractivity contribution in [3.63, 3.8) is 0 Å². The van der Waals surface area contributed by atoms with Gasteiger partial charge in [-0.2, -0.15) is 0 Å². The fourth-order valence-electron chi connectivity index (χ4n) is 1.82. The number of carbonyl (C=O) groups excluding carboxylic acids is 1. The second-order valence-electron chi connectivity index (χ2n) is 4.69. The molecule has 0 amide bonds. The first-order valence-corrected chi connectivity index (χ1v) is 6.07. The van der Waals surface area contributed by atoms with E-state index in [0.29, 0.717) is 13.0 Å². The second-order valence-corrected chi connectivity index (χ2v) is 4.69. The van der Waals surface area contributed by atoms with Gasteiger partial charge in [-0.25, -0.2) is 0 Å². The average molecular weight is 246 g/mol. The number of aliphatic hydroxyl groups is 1. The summed E-state index contributed by atoms with van der Waals surface area (Å²) in [6, 6.07) is 0. The highest BCUT2D eigenvalue weighted by atomic mass is 16.7. The Morgan fingerprint density at radius 3 is 2.94 bits per heavy atom. The number of hydrogen-bond donors (Lipinski definition) is 1. The highest BCUT2D eigenvalue weighted by Crippen LogP contribution is 2.26. The quantitative estimate of drug-likeness (QED) is 0.739. The number of rotatable bonds is 5.